The number of hydrogen-bond acceptors (Lipinski definition) is 3. The molecule has 1 N–H and O–H groups in total. The van der Waals surface area contributed by atoms with Crippen LogP contribution in [0.15, 0.2) is 66.7 Å². The standard InChI is InChI=1S/C18H13NO2/c20-18-15-10-4-3-9-14(15)17(21-18)19-16-11-5-7-12-6-1-2-8-13(12)16/h1-11,17,19H/t17-/m0/s1. The van der Waals surface area contributed by atoms with Crippen molar-refractivity contribution in [3.8, 4) is 0 Å². The second-order valence-electron chi connectivity index (χ2n) is 5.04. The summed E-state index contributed by atoms with van der Waals surface area (Å²) >= 11 is 0. The highest BCUT2D eigenvalue weighted by molar-refractivity contribution is 5.96. The molecule has 0 aromatic heterocycles. The van der Waals surface area contributed by atoms with Gasteiger partial charge in [0.2, 0.25) is 6.23 Å². The molecule has 0 spiro atoms. The number of ether oxygens (including phenoxy) is 1. The van der Waals surface area contributed by atoms with Crippen LogP contribution in [0.1, 0.15) is 22.1 Å². The smallest absolute Gasteiger partial charge is 0.340 e. The molecule has 0 radical (unpaired) electrons. The quantitative estimate of drug-likeness (QED) is 0.715. The number of carbonyl (C=O) groups excluding carboxylic acids is 1. The van der Waals surface area contributed by atoms with Crippen LogP contribution in [0.3, 0.4) is 0 Å². The van der Waals surface area contributed by atoms with Gasteiger partial charge in [0, 0.05) is 16.6 Å². The Labute approximate surface area is 122 Å². The molecule has 0 saturated carbocycles. The van der Waals surface area contributed by atoms with Crippen molar-refractivity contribution < 1.29 is 9.53 Å². The largest absolute Gasteiger partial charge is 0.434 e. The minimum atomic E-state index is -0.431. The molecule has 1 aliphatic heterocycles. The second kappa shape index (κ2) is 4.63. The van der Waals surface area contributed by atoms with Crippen LogP contribution >= 0.6 is 0 Å². The maximum Gasteiger partial charge on any atom is 0.340 e. The van der Waals surface area contributed by atoms with Gasteiger partial charge in [0.1, 0.15) is 0 Å². The first-order valence-electron chi connectivity index (χ1n) is 6.87. The number of anilines is 1. The summed E-state index contributed by atoms with van der Waals surface area (Å²) < 4.78 is 5.43. The van der Waals surface area contributed by atoms with E-state index in [-0.39, 0.29) is 5.97 Å². The molecule has 0 bridgehead atoms. The van der Waals surface area contributed by atoms with Crippen molar-refractivity contribution in [3.05, 3.63) is 77.9 Å². The third-order valence-electron chi connectivity index (χ3n) is 3.76. The van der Waals surface area contributed by atoms with Crippen molar-refractivity contribution in [1.82, 2.24) is 0 Å². The molecule has 21 heavy (non-hydrogen) atoms. The van der Waals surface area contributed by atoms with E-state index < -0.39 is 6.23 Å². The summed E-state index contributed by atoms with van der Waals surface area (Å²) in [4.78, 5) is 11.9. The summed E-state index contributed by atoms with van der Waals surface area (Å²) in [6.45, 7) is 0. The van der Waals surface area contributed by atoms with Crippen LogP contribution in [-0.2, 0) is 4.74 Å². The van der Waals surface area contributed by atoms with Gasteiger partial charge in [-0.15, -0.1) is 0 Å². The zero-order valence-corrected chi connectivity index (χ0v) is 11.2. The van der Waals surface area contributed by atoms with E-state index in [1.54, 1.807) is 6.07 Å². The highest BCUT2D eigenvalue weighted by Gasteiger charge is 2.30. The first-order chi connectivity index (χ1) is 10.3. The fraction of sp³-hybridized carbons (Fsp3) is 0.0556. The van der Waals surface area contributed by atoms with Crippen LogP contribution in [-0.4, -0.2) is 5.97 Å². The van der Waals surface area contributed by atoms with Gasteiger partial charge in [-0.2, -0.15) is 0 Å². The lowest BCUT2D eigenvalue weighted by Crippen LogP contribution is -2.10. The van der Waals surface area contributed by atoms with E-state index in [0.717, 1.165) is 22.0 Å². The summed E-state index contributed by atoms with van der Waals surface area (Å²) in [6, 6.07) is 21.7. The van der Waals surface area contributed by atoms with E-state index >= 15 is 0 Å². The lowest BCUT2D eigenvalue weighted by molar-refractivity contribution is 0.0437. The monoisotopic (exact) mass is 275 g/mol. The Hall–Kier alpha value is -2.81. The van der Waals surface area contributed by atoms with Crippen LogP contribution in [0, 0.1) is 0 Å². The van der Waals surface area contributed by atoms with Gasteiger partial charge in [-0.1, -0.05) is 54.6 Å². The molecule has 102 valence electrons. The molecule has 3 aromatic carbocycles. The Kier molecular flexibility index (Phi) is 2.64. The van der Waals surface area contributed by atoms with E-state index in [0.29, 0.717) is 5.56 Å². The van der Waals surface area contributed by atoms with E-state index in [4.69, 9.17) is 4.74 Å². The van der Waals surface area contributed by atoms with Gasteiger partial charge in [-0.05, 0) is 17.5 Å². The maximum absolute atomic E-state index is 11.9. The second-order valence-corrected chi connectivity index (χ2v) is 5.04. The number of esters is 1. The van der Waals surface area contributed by atoms with Crippen LogP contribution in [0.2, 0.25) is 0 Å². The average molecular weight is 275 g/mol. The van der Waals surface area contributed by atoms with Gasteiger partial charge in [-0.25, -0.2) is 4.79 Å². The summed E-state index contributed by atoms with van der Waals surface area (Å²) in [5.41, 5.74) is 2.48. The third-order valence-corrected chi connectivity index (χ3v) is 3.76. The topological polar surface area (TPSA) is 38.3 Å². The molecule has 1 heterocycles. The molecule has 3 aromatic rings. The zero-order chi connectivity index (χ0) is 14.2. The predicted octanol–water partition coefficient (Wildman–Crippen LogP) is 4.12. The first kappa shape index (κ1) is 12.0. The molecule has 4 rings (SSSR count). The van der Waals surface area contributed by atoms with Crippen molar-refractivity contribution in [2.75, 3.05) is 5.32 Å². The van der Waals surface area contributed by atoms with Crippen LogP contribution in [0.25, 0.3) is 10.8 Å². The number of benzene rings is 3. The predicted molar refractivity (Wildman–Crippen MR) is 82.2 cm³/mol. The Balaban J connectivity index is 1.75. The van der Waals surface area contributed by atoms with Crippen molar-refractivity contribution in [1.29, 1.82) is 0 Å². The van der Waals surface area contributed by atoms with Gasteiger partial charge in [-0.3, -0.25) is 0 Å². The highest BCUT2D eigenvalue weighted by atomic mass is 16.6. The molecule has 0 fully saturated rings. The average Bonchev–Trinajstić information content (AvgIpc) is 2.85. The van der Waals surface area contributed by atoms with Crippen LogP contribution in [0.4, 0.5) is 5.69 Å². The fourth-order valence-corrected chi connectivity index (χ4v) is 2.75. The Morgan fingerprint density at radius 2 is 1.62 bits per heavy atom. The van der Waals surface area contributed by atoms with Gasteiger partial charge in [0.05, 0.1) is 5.56 Å². The summed E-state index contributed by atoms with van der Waals surface area (Å²) in [5, 5.41) is 5.59. The minimum absolute atomic E-state index is 0.275. The number of hydrogen-bond donors (Lipinski definition) is 1. The molecule has 1 aliphatic rings. The van der Waals surface area contributed by atoms with Gasteiger partial charge < -0.3 is 10.1 Å². The van der Waals surface area contributed by atoms with E-state index in [9.17, 15) is 4.79 Å². The van der Waals surface area contributed by atoms with E-state index in [2.05, 4.69) is 23.5 Å². The van der Waals surface area contributed by atoms with Crippen molar-refractivity contribution in [2.45, 2.75) is 6.23 Å². The number of carbonyl (C=O) groups is 1. The van der Waals surface area contributed by atoms with Crippen LogP contribution in [0.5, 0.6) is 0 Å². The molecule has 0 saturated heterocycles. The molecular formula is C18H13NO2. The van der Waals surface area contributed by atoms with Crippen molar-refractivity contribution in [3.63, 3.8) is 0 Å². The van der Waals surface area contributed by atoms with Gasteiger partial charge in [0.25, 0.3) is 0 Å². The summed E-state index contributed by atoms with van der Waals surface area (Å²) in [5.74, 6) is -0.275. The van der Waals surface area contributed by atoms with Gasteiger partial charge in [0.15, 0.2) is 0 Å². The molecule has 1 atom stereocenters. The Morgan fingerprint density at radius 3 is 2.57 bits per heavy atom. The first-order valence-corrected chi connectivity index (χ1v) is 6.87. The fourth-order valence-electron chi connectivity index (χ4n) is 2.75. The number of cyclic esters (lactones) is 1. The molecule has 0 unspecified atom stereocenters. The lowest BCUT2D eigenvalue weighted by Gasteiger charge is -2.16. The molecular weight excluding hydrogens is 262 g/mol. The summed E-state index contributed by atoms with van der Waals surface area (Å²) in [6.07, 6.45) is -0.431. The molecule has 3 nitrogen and oxygen atoms in total. The maximum atomic E-state index is 11.9. The normalized spacial score (nSPS) is 16.6. The summed E-state index contributed by atoms with van der Waals surface area (Å²) in [7, 11) is 0. The van der Waals surface area contributed by atoms with Crippen LogP contribution < -0.4 is 5.32 Å². The Bertz CT molecular complexity index is 836. The molecule has 3 heteroatoms. The van der Waals surface area contributed by atoms with E-state index in [1.807, 2.05) is 42.5 Å². The Morgan fingerprint density at radius 1 is 0.857 bits per heavy atom. The third kappa shape index (κ3) is 1.94. The minimum Gasteiger partial charge on any atom is -0.434 e. The van der Waals surface area contributed by atoms with Crippen molar-refractivity contribution in [2.24, 2.45) is 0 Å². The van der Waals surface area contributed by atoms with Crippen molar-refractivity contribution >= 4 is 22.4 Å². The molecule has 0 aliphatic carbocycles. The molecule has 0 amide bonds. The SMILES string of the molecule is O=C1O[C@H](Nc2cccc3ccccc23)c2ccccc21. The number of nitrogens with one attached hydrogen (secondary N) is 1. The lowest BCUT2D eigenvalue weighted by atomic mass is 10.1. The van der Waals surface area contributed by atoms with E-state index in [1.165, 1.54) is 0 Å². The highest BCUT2D eigenvalue weighted by Crippen LogP contribution is 2.33. The van der Waals surface area contributed by atoms with Gasteiger partial charge >= 0.3 is 5.97 Å². The zero-order valence-electron chi connectivity index (χ0n) is 11.2. The number of rotatable bonds is 2. The number of fused-ring (bicyclic) bond motifs is 2.